The zero-order chi connectivity index (χ0) is 9.84. The second kappa shape index (κ2) is 4.18. The van der Waals surface area contributed by atoms with Gasteiger partial charge in [0, 0.05) is 12.1 Å². The van der Waals surface area contributed by atoms with Gasteiger partial charge in [0.15, 0.2) is 0 Å². The van der Waals surface area contributed by atoms with Gasteiger partial charge in [-0.25, -0.2) is 9.97 Å². The molecular weight excluding hydrogens is 166 g/mol. The van der Waals surface area contributed by atoms with Gasteiger partial charge in [0.05, 0.1) is 12.8 Å². The Morgan fingerprint density at radius 1 is 1.38 bits per heavy atom. The fourth-order valence-corrected chi connectivity index (χ4v) is 0.989. The van der Waals surface area contributed by atoms with E-state index in [2.05, 4.69) is 23.8 Å². The first kappa shape index (κ1) is 9.92. The monoisotopic (exact) mass is 181 g/mol. The quantitative estimate of drug-likeness (QED) is 0.759. The number of rotatable bonds is 3. The van der Waals surface area contributed by atoms with Crippen LogP contribution in [0.25, 0.3) is 0 Å². The molecule has 0 aromatic carbocycles. The average molecular weight is 181 g/mol. The zero-order valence-corrected chi connectivity index (χ0v) is 8.19. The van der Waals surface area contributed by atoms with Crippen LogP contribution in [-0.4, -0.2) is 17.1 Å². The van der Waals surface area contributed by atoms with Crippen LogP contribution < -0.4 is 10.5 Å². The fourth-order valence-electron chi connectivity index (χ4n) is 0.989. The van der Waals surface area contributed by atoms with Crippen molar-refractivity contribution in [2.45, 2.75) is 19.9 Å². The maximum Gasteiger partial charge on any atom is 0.216 e. The van der Waals surface area contributed by atoms with E-state index in [1.165, 1.54) is 6.33 Å². The number of hydrogen-bond acceptors (Lipinski definition) is 4. The minimum atomic E-state index is -0.0584. The van der Waals surface area contributed by atoms with Crippen LogP contribution in [0.4, 0.5) is 0 Å². The lowest BCUT2D eigenvalue weighted by Gasteiger charge is -2.14. The molecule has 1 aromatic heterocycles. The van der Waals surface area contributed by atoms with Gasteiger partial charge in [0.2, 0.25) is 5.88 Å². The van der Waals surface area contributed by atoms with Crippen molar-refractivity contribution >= 4 is 0 Å². The highest BCUT2D eigenvalue weighted by Gasteiger charge is 2.12. The van der Waals surface area contributed by atoms with E-state index < -0.39 is 0 Å². The Labute approximate surface area is 78.1 Å². The highest BCUT2D eigenvalue weighted by atomic mass is 16.5. The zero-order valence-electron chi connectivity index (χ0n) is 8.19. The molecule has 0 aliphatic carbocycles. The predicted molar refractivity (Wildman–Crippen MR) is 50.4 cm³/mol. The SMILES string of the molecule is COc1cc([C@@H](N)C(C)C)ncn1. The van der Waals surface area contributed by atoms with Gasteiger partial charge >= 0.3 is 0 Å². The summed E-state index contributed by atoms with van der Waals surface area (Å²) >= 11 is 0. The lowest BCUT2D eigenvalue weighted by atomic mass is 10.0. The lowest BCUT2D eigenvalue weighted by Crippen LogP contribution is -2.18. The van der Waals surface area contributed by atoms with Crippen molar-refractivity contribution in [1.82, 2.24) is 9.97 Å². The van der Waals surface area contributed by atoms with Crippen LogP contribution in [0.5, 0.6) is 5.88 Å². The van der Waals surface area contributed by atoms with Crippen LogP contribution in [0, 0.1) is 5.92 Å². The van der Waals surface area contributed by atoms with E-state index in [0.29, 0.717) is 11.8 Å². The molecule has 13 heavy (non-hydrogen) atoms. The molecule has 1 atom stereocenters. The van der Waals surface area contributed by atoms with Crippen molar-refractivity contribution in [1.29, 1.82) is 0 Å². The van der Waals surface area contributed by atoms with Gasteiger partial charge in [-0.2, -0.15) is 0 Å². The van der Waals surface area contributed by atoms with Crippen molar-refractivity contribution in [2.75, 3.05) is 7.11 Å². The van der Waals surface area contributed by atoms with E-state index in [1.54, 1.807) is 13.2 Å². The van der Waals surface area contributed by atoms with Crippen molar-refractivity contribution in [3.8, 4) is 5.88 Å². The number of methoxy groups -OCH3 is 1. The van der Waals surface area contributed by atoms with Crippen LogP contribution in [-0.2, 0) is 0 Å². The first-order valence-electron chi connectivity index (χ1n) is 4.26. The molecule has 4 nitrogen and oxygen atoms in total. The molecule has 0 saturated heterocycles. The third kappa shape index (κ3) is 2.39. The van der Waals surface area contributed by atoms with Crippen LogP contribution in [0.3, 0.4) is 0 Å². The second-order valence-corrected chi connectivity index (χ2v) is 3.26. The number of nitrogens with zero attached hydrogens (tertiary/aromatic N) is 2. The Balaban J connectivity index is 2.88. The Morgan fingerprint density at radius 3 is 2.62 bits per heavy atom. The number of ether oxygens (including phenoxy) is 1. The largest absolute Gasteiger partial charge is 0.481 e. The molecule has 4 heteroatoms. The van der Waals surface area contributed by atoms with Crippen molar-refractivity contribution in [3.63, 3.8) is 0 Å². The number of hydrogen-bond donors (Lipinski definition) is 1. The smallest absolute Gasteiger partial charge is 0.216 e. The second-order valence-electron chi connectivity index (χ2n) is 3.26. The molecular formula is C9H15N3O. The number of aromatic nitrogens is 2. The minimum absolute atomic E-state index is 0.0584. The molecule has 0 unspecified atom stereocenters. The molecule has 0 bridgehead atoms. The standard InChI is InChI=1S/C9H15N3O/c1-6(2)9(10)7-4-8(13-3)12-5-11-7/h4-6,9H,10H2,1-3H3/t9-/m0/s1. The third-order valence-electron chi connectivity index (χ3n) is 1.93. The van der Waals surface area contributed by atoms with Crippen molar-refractivity contribution in [2.24, 2.45) is 11.7 Å². The molecule has 1 aromatic rings. The average Bonchev–Trinajstić information content (AvgIpc) is 2.16. The van der Waals surface area contributed by atoms with Crippen molar-refractivity contribution in [3.05, 3.63) is 18.1 Å². The summed E-state index contributed by atoms with van der Waals surface area (Å²) in [6.07, 6.45) is 1.47. The van der Waals surface area contributed by atoms with Crippen molar-refractivity contribution < 1.29 is 4.74 Å². The predicted octanol–water partition coefficient (Wildman–Crippen LogP) is 1.14. The topological polar surface area (TPSA) is 61.0 Å². The van der Waals surface area contributed by atoms with E-state index in [-0.39, 0.29) is 6.04 Å². The third-order valence-corrected chi connectivity index (χ3v) is 1.93. The van der Waals surface area contributed by atoms with Gasteiger partial charge in [0.1, 0.15) is 6.33 Å². The molecule has 2 N–H and O–H groups in total. The molecule has 72 valence electrons. The summed E-state index contributed by atoms with van der Waals surface area (Å²) in [7, 11) is 1.58. The van der Waals surface area contributed by atoms with Crippen LogP contribution in [0.15, 0.2) is 12.4 Å². The summed E-state index contributed by atoms with van der Waals surface area (Å²) < 4.78 is 4.98. The Kier molecular flexibility index (Phi) is 3.19. The molecule has 0 amide bonds. The molecule has 0 saturated carbocycles. The summed E-state index contributed by atoms with van der Waals surface area (Å²) in [5.74, 6) is 0.917. The Morgan fingerprint density at radius 2 is 2.08 bits per heavy atom. The maximum absolute atomic E-state index is 5.92. The van der Waals surface area contributed by atoms with E-state index in [0.717, 1.165) is 5.69 Å². The summed E-state index contributed by atoms with van der Waals surface area (Å²) in [5.41, 5.74) is 6.74. The van der Waals surface area contributed by atoms with Crippen LogP contribution >= 0.6 is 0 Å². The number of nitrogens with two attached hydrogens (primary N) is 1. The maximum atomic E-state index is 5.92. The first-order valence-corrected chi connectivity index (χ1v) is 4.26. The molecule has 0 radical (unpaired) electrons. The van der Waals surface area contributed by atoms with Crippen LogP contribution in [0.1, 0.15) is 25.6 Å². The van der Waals surface area contributed by atoms with Gasteiger partial charge in [-0.1, -0.05) is 13.8 Å². The van der Waals surface area contributed by atoms with E-state index >= 15 is 0 Å². The van der Waals surface area contributed by atoms with Crippen LogP contribution in [0.2, 0.25) is 0 Å². The molecule has 0 spiro atoms. The Hall–Kier alpha value is -1.16. The molecule has 0 fully saturated rings. The summed E-state index contributed by atoms with van der Waals surface area (Å²) in [4.78, 5) is 8.00. The minimum Gasteiger partial charge on any atom is -0.481 e. The highest BCUT2D eigenvalue weighted by Crippen LogP contribution is 2.18. The summed E-state index contributed by atoms with van der Waals surface area (Å²) in [6.45, 7) is 4.11. The molecule has 0 aliphatic rings. The van der Waals surface area contributed by atoms with Gasteiger partial charge in [0.25, 0.3) is 0 Å². The Bertz CT molecular complexity index is 275. The summed E-state index contributed by atoms with van der Waals surface area (Å²) in [6, 6.07) is 1.71. The van der Waals surface area contributed by atoms with E-state index in [9.17, 15) is 0 Å². The van der Waals surface area contributed by atoms with Gasteiger partial charge in [-0.15, -0.1) is 0 Å². The molecule has 1 rings (SSSR count). The normalized spacial score (nSPS) is 13.0. The van der Waals surface area contributed by atoms with E-state index in [1.807, 2.05) is 0 Å². The first-order chi connectivity index (χ1) is 6.15. The van der Waals surface area contributed by atoms with Gasteiger partial charge in [-0.05, 0) is 5.92 Å². The van der Waals surface area contributed by atoms with E-state index in [4.69, 9.17) is 10.5 Å². The molecule has 1 heterocycles. The summed E-state index contributed by atoms with van der Waals surface area (Å²) in [5, 5.41) is 0. The lowest BCUT2D eigenvalue weighted by molar-refractivity contribution is 0.393. The highest BCUT2D eigenvalue weighted by molar-refractivity contribution is 5.16. The van der Waals surface area contributed by atoms with Gasteiger partial charge < -0.3 is 10.5 Å². The van der Waals surface area contributed by atoms with Gasteiger partial charge in [-0.3, -0.25) is 0 Å². The molecule has 0 aliphatic heterocycles. The fraction of sp³-hybridized carbons (Fsp3) is 0.556.